The molecule has 0 bridgehead atoms. The predicted octanol–water partition coefficient (Wildman–Crippen LogP) is 4.38. The Balaban J connectivity index is 1.08. The van der Waals surface area contributed by atoms with E-state index >= 15 is 0 Å². The molecule has 3 heterocycles. The smallest absolute Gasteiger partial charge is 0.251 e. The van der Waals surface area contributed by atoms with E-state index in [0.717, 1.165) is 116 Å². The molecular formula is C35H50N4O4. The standard InChI is InChI=1S/C35H50N4O4/c40-31-15-18-37(19-16-31)23-25-13-20-38(21-14-25)35(43)32(26-6-2-1-3-7-26)36-33(41)29-9-4-8-28(22-29)30-10-5-17-39(24-30)34(42)27-11-12-27/h4,8-9,22,25-27,30,32H,1-3,5-7,10-21,23-24H2,(H,36,41). The number of ketones is 1. The fourth-order valence-electron chi connectivity index (χ4n) is 7.93. The second kappa shape index (κ2) is 13.9. The zero-order chi connectivity index (χ0) is 29.8. The summed E-state index contributed by atoms with van der Waals surface area (Å²) in [5, 5.41) is 3.23. The van der Waals surface area contributed by atoms with Crippen LogP contribution in [-0.4, -0.2) is 90.1 Å². The first-order chi connectivity index (χ1) is 20.9. The number of benzene rings is 1. The van der Waals surface area contributed by atoms with Crippen LogP contribution < -0.4 is 5.32 Å². The molecule has 0 aromatic heterocycles. The van der Waals surface area contributed by atoms with Crippen molar-refractivity contribution < 1.29 is 19.2 Å². The summed E-state index contributed by atoms with van der Waals surface area (Å²) < 4.78 is 0. The molecule has 1 aromatic carbocycles. The van der Waals surface area contributed by atoms with Crippen molar-refractivity contribution in [3.8, 4) is 0 Å². The fraction of sp³-hybridized carbons (Fsp3) is 0.714. The van der Waals surface area contributed by atoms with Crippen LogP contribution in [0.25, 0.3) is 0 Å². The fourth-order valence-corrected chi connectivity index (χ4v) is 7.93. The van der Waals surface area contributed by atoms with Crippen molar-refractivity contribution in [3.05, 3.63) is 35.4 Å². The van der Waals surface area contributed by atoms with Crippen LogP contribution in [0.4, 0.5) is 0 Å². The van der Waals surface area contributed by atoms with E-state index in [4.69, 9.17) is 0 Å². The Morgan fingerprint density at radius 2 is 1.56 bits per heavy atom. The minimum Gasteiger partial charge on any atom is -0.342 e. The Labute approximate surface area is 256 Å². The topological polar surface area (TPSA) is 90.0 Å². The maximum absolute atomic E-state index is 14.0. The van der Waals surface area contributed by atoms with Crippen molar-refractivity contribution in [1.82, 2.24) is 20.0 Å². The average molecular weight is 591 g/mol. The van der Waals surface area contributed by atoms with E-state index in [1.807, 2.05) is 28.0 Å². The molecule has 5 aliphatic rings. The molecule has 0 radical (unpaired) electrons. The highest BCUT2D eigenvalue weighted by Gasteiger charge is 2.37. The normalized spacial score (nSPS) is 25.4. The highest BCUT2D eigenvalue weighted by molar-refractivity contribution is 5.98. The van der Waals surface area contributed by atoms with Crippen LogP contribution in [0.5, 0.6) is 0 Å². The number of likely N-dealkylation sites (tertiary alicyclic amines) is 3. The van der Waals surface area contributed by atoms with Crippen LogP contribution in [0.1, 0.15) is 105 Å². The van der Waals surface area contributed by atoms with E-state index in [1.54, 1.807) is 0 Å². The summed E-state index contributed by atoms with van der Waals surface area (Å²) in [5.74, 6) is 1.81. The largest absolute Gasteiger partial charge is 0.342 e. The first-order valence-corrected chi connectivity index (χ1v) is 17.2. The number of Topliss-reactive ketones (excluding diaryl/α,β-unsaturated/α-hetero) is 1. The van der Waals surface area contributed by atoms with E-state index in [-0.39, 0.29) is 29.6 Å². The number of rotatable bonds is 8. The van der Waals surface area contributed by atoms with Crippen molar-refractivity contribution in [2.45, 2.75) is 95.4 Å². The van der Waals surface area contributed by atoms with Crippen molar-refractivity contribution in [2.24, 2.45) is 17.8 Å². The van der Waals surface area contributed by atoms with Gasteiger partial charge in [-0.05, 0) is 80.9 Å². The van der Waals surface area contributed by atoms with E-state index in [0.29, 0.717) is 36.0 Å². The Bertz CT molecular complexity index is 1160. The van der Waals surface area contributed by atoms with Crippen LogP contribution in [-0.2, 0) is 14.4 Å². The maximum atomic E-state index is 14.0. The van der Waals surface area contributed by atoms with E-state index < -0.39 is 6.04 Å². The van der Waals surface area contributed by atoms with Crippen molar-refractivity contribution in [3.63, 3.8) is 0 Å². The highest BCUT2D eigenvalue weighted by Crippen LogP contribution is 2.35. The number of carbonyl (C=O) groups excluding carboxylic acids is 4. The molecule has 0 spiro atoms. The van der Waals surface area contributed by atoms with Crippen LogP contribution in [0.2, 0.25) is 0 Å². The SMILES string of the molecule is O=C1CCN(CC2CCN(C(=O)C(NC(=O)c3cccc(C4CCCN(C(=O)C5CC5)C4)c3)C3CCCCC3)CC2)CC1. The van der Waals surface area contributed by atoms with Crippen molar-refractivity contribution in [2.75, 3.05) is 45.8 Å². The van der Waals surface area contributed by atoms with Gasteiger partial charge in [-0.15, -0.1) is 0 Å². The molecule has 2 atom stereocenters. The molecule has 3 aliphatic heterocycles. The lowest BCUT2D eigenvalue weighted by atomic mass is 9.82. The van der Waals surface area contributed by atoms with Crippen LogP contribution in [0, 0.1) is 17.8 Å². The van der Waals surface area contributed by atoms with Crippen molar-refractivity contribution in [1.29, 1.82) is 0 Å². The van der Waals surface area contributed by atoms with Crippen LogP contribution >= 0.6 is 0 Å². The first-order valence-electron chi connectivity index (χ1n) is 17.2. The van der Waals surface area contributed by atoms with Crippen LogP contribution in [0.15, 0.2) is 24.3 Å². The van der Waals surface area contributed by atoms with Gasteiger partial charge >= 0.3 is 0 Å². The third-order valence-corrected chi connectivity index (χ3v) is 10.8. The molecule has 2 unspecified atom stereocenters. The number of piperidine rings is 3. The number of amides is 3. The van der Waals surface area contributed by atoms with Gasteiger partial charge in [-0.3, -0.25) is 19.2 Å². The average Bonchev–Trinajstić information content (AvgIpc) is 3.91. The predicted molar refractivity (Wildman–Crippen MR) is 166 cm³/mol. The molecule has 3 amide bonds. The van der Waals surface area contributed by atoms with Gasteiger partial charge in [-0.25, -0.2) is 0 Å². The minimum absolute atomic E-state index is 0.0833. The van der Waals surface area contributed by atoms with Crippen LogP contribution in [0.3, 0.4) is 0 Å². The molecule has 1 N–H and O–H groups in total. The zero-order valence-electron chi connectivity index (χ0n) is 25.8. The van der Waals surface area contributed by atoms with Gasteiger partial charge in [-0.1, -0.05) is 31.4 Å². The van der Waals surface area contributed by atoms with Gasteiger partial charge in [-0.2, -0.15) is 0 Å². The summed E-state index contributed by atoms with van der Waals surface area (Å²) >= 11 is 0. The summed E-state index contributed by atoms with van der Waals surface area (Å²) in [6.45, 7) is 5.80. The summed E-state index contributed by atoms with van der Waals surface area (Å²) in [6, 6.07) is 7.40. The van der Waals surface area contributed by atoms with Gasteiger partial charge in [0.15, 0.2) is 0 Å². The summed E-state index contributed by atoms with van der Waals surface area (Å²) in [6.07, 6.45) is 12.7. The molecule has 8 heteroatoms. The number of nitrogens with zero attached hydrogens (tertiary/aromatic N) is 3. The number of hydrogen-bond donors (Lipinski definition) is 1. The summed E-state index contributed by atoms with van der Waals surface area (Å²) in [7, 11) is 0. The second-order valence-electron chi connectivity index (χ2n) is 14.0. The van der Waals surface area contributed by atoms with Gasteiger partial charge in [0, 0.05) is 76.1 Å². The molecule has 1 aromatic rings. The molecule has 43 heavy (non-hydrogen) atoms. The Morgan fingerprint density at radius 1 is 0.814 bits per heavy atom. The number of hydrogen-bond acceptors (Lipinski definition) is 5. The Kier molecular flexibility index (Phi) is 9.80. The molecule has 8 nitrogen and oxygen atoms in total. The monoisotopic (exact) mass is 590 g/mol. The third kappa shape index (κ3) is 7.68. The molecule has 3 saturated heterocycles. The highest BCUT2D eigenvalue weighted by atomic mass is 16.2. The van der Waals surface area contributed by atoms with Gasteiger partial charge in [0.2, 0.25) is 11.8 Å². The molecule has 234 valence electrons. The zero-order valence-corrected chi connectivity index (χ0v) is 25.8. The van der Waals surface area contributed by atoms with E-state index in [1.165, 1.54) is 6.42 Å². The molecular weight excluding hydrogens is 540 g/mol. The summed E-state index contributed by atoms with van der Waals surface area (Å²) in [5.41, 5.74) is 1.72. The Hall–Kier alpha value is -2.74. The third-order valence-electron chi connectivity index (χ3n) is 10.8. The lowest BCUT2D eigenvalue weighted by Gasteiger charge is -2.39. The lowest BCUT2D eigenvalue weighted by molar-refractivity contribution is -0.136. The molecule has 2 saturated carbocycles. The van der Waals surface area contributed by atoms with E-state index in [2.05, 4.69) is 16.3 Å². The van der Waals surface area contributed by atoms with Gasteiger partial charge in [0.1, 0.15) is 11.8 Å². The molecule has 5 fully saturated rings. The van der Waals surface area contributed by atoms with Gasteiger partial charge in [0.25, 0.3) is 5.91 Å². The maximum Gasteiger partial charge on any atom is 0.251 e. The quantitative estimate of drug-likeness (QED) is 0.485. The molecule has 6 rings (SSSR count). The number of carbonyl (C=O) groups is 4. The second-order valence-corrected chi connectivity index (χ2v) is 14.0. The lowest BCUT2D eigenvalue weighted by Crippen LogP contribution is -2.54. The molecule has 2 aliphatic carbocycles. The first kappa shape index (κ1) is 30.3. The van der Waals surface area contributed by atoms with Gasteiger partial charge in [0.05, 0.1) is 0 Å². The summed E-state index contributed by atoms with van der Waals surface area (Å²) in [4.78, 5) is 58.5. The van der Waals surface area contributed by atoms with Gasteiger partial charge < -0.3 is 20.0 Å². The number of nitrogens with one attached hydrogen (secondary N) is 1. The van der Waals surface area contributed by atoms with Crippen molar-refractivity contribution >= 4 is 23.5 Å². The minimum atomic E-state index is -0.484. The van der Waals surface area contributed by atoms with E-state index in [9.17, 15) is 19.2 Å². The Morgan fingerprint density at radius 3 is 2.28 bits per heavy atom.